The average molecular weight is 376 g/mol. The molecule has 1 spiro atoms. The van der Waals surface area contributed by atoms with Crippen LogP contribution in [-0.2, 0) is 15.1 Å². The molecule has 5 rings (SSSR count). The van der Waals surface area contributed by atoms with Crippen molar-refractivity contribution in [1.82, 2.24) is 0 Å². The summed E-state index contributed by atoms with van der Waals surface area (Å²) in [5.74, 6) is 0.186. The zero-order valence-corrected chi connectivity index (χ0v) is 14.2. The normalized spacial score (nSPS) is 15.1. The molecular formula is C21H12O7. The van der Waals surface area contributed by atoms with Gasteiger partial charge in [-0.3, -0.25) is 4.79 Å². The van der Waals surface area contributed by atoms with Crippen LogP contribution in [0.25, 0.3) is 0 Å². The van der Waals surface area contributed by atoms with Gasteiger partial charge in [0.25, 0.3) is 6.47 Å². The van der Waals surface area contributed by atoms with Gasteiger partial charge in [0.2, 0.25) is 0 Å². The number of phenols is 2. The van der Waals surface area contributed by atoms with Crippen molar-refractivity contribution in [3.8, 4) is 28.7 Å². The van der Waals surface area contributed by atoms with Gasteiger partial charge < -0.3 is 24.4 Å². The van der Waals surface area contributed by atoms with E-state index in [1.165, 1.54) is 30.3 Å². The molecule has 7 heteroatoms. The number of carbonyl (C=O) groups is 2. The Morgan fingerprint density at radius 2 is 1.46 bits per heavy atom. The number of esters is 1. The Labute approximate surface area is 158 Å². The first-order valence-corrected chi connectivity index (χ1v) is 8.36. The van der Waals surface area contributed by atoms with Crippen LogP contribution in [-0.4, -0.2) is 22.7 Å². The SMILES string of the molecule is O=COc1ccc2c(c1)C(=O)OC21c2ccc(O)cc2Oc2cc(O)ccc21. The first-order chi connectivity index (χ1) is 13.5. The second-order valence-electron chi connectivity index (χ2n) is 6.46. The van der Waals surface area contributed by atoms with Crippen molar-refractivity contribution in [1.29, 1.82) is 0 Å². The van der Waals surface area contributed by atoms with Crippen LogP contribution in [0.1, 0.15) is 27.0 Å². The lowest BCUT2D eigenvalue weighted by Gasteiger charge is -2.36. The Balaban J connectivity index is 1.84. The van der Waals surface area contributed by atoms with Gasteiger partial charge >= 0.3 is 5.97 Å². The Bertz CT molecular complexity index is 1110. The Hall–Kier alpha value is -4.00. The van der Waals surface area contributed by atoms with Gasteiger partial charge in [0.15, 0.2) is 5.60 Å². The summed E-state index contributed by atoms with van der Waals surface area (Å²) in [6.07, 6.45) is 0. The number of hydrogen-bond donors (Lipinski definition) is 2. The fraction of sp³-hybridized carbons (Fsp3) is 0.0476. The third-order valence-corrected chi connectivity index (χ3v) is 4.93. The molecule has 0 saturated heterocycles. The maximum Gasteiger partial charge on any atom is 0.340 e. The largest absolute Gasteiger partial charge is 0.508 e. The molecule has 138 valence electrons. The molecule has 3 aromatic rings. The number of hydrogen-bond acceptors (Lipinski definition) is 7. The molecule has 2 N–H and O–H groups in total. The topological polar surface area (TPSA) is 102 Å². The summed E-state index contributed by atoms with van der Waals surface area (Å²) < 4.78 is 16.6. The summed E-state index contributed by atoms with van der Waals surface area (Å²) in [4.78, 5) is 23.4. The van der Waals surface area contributed by atoms with E-state index in [-0.39, 0.29) is 29.3 Å². The van der Waals surface area contributed by atoms with Gasteiger partial charge in [-0.2, -0.15) is 0 Å². The summed E-state index contributed by atoms with van der Waals surface area (Å²) in [7, 11) is 0. The first kappa shape index (κ1) is 16.2. The fourth-order valence-electron chi connectivity index (χ4n) is 3.81. The summed E-state index contributed by atoms with van der Waals surface area (Å²) in [6.45, 7) is 0.280. The van der Waals surface area contributed by atoms with Crippen molar-refractivity contribution in [2.45, 2.75) is 5.60 Å². The number of aromatic hydroxyl groups is 2. The highest BCUT2D eigenvalue weighted by atomic mass is 16.6. The molecule has 0 fully saturated rings. The smallest absolute Gasteiger partial charge is 0.340 e. The van der Waals surface area contributed by atoms with E-state index in [2.05, 4.69) is 0 Å². The minimum Gasteiger partial charge on any atom is -0.508 e. The molecule has 0 bridgehead atoms. The molecule has 0 atom stereocenters. The molecule has 0 unspecified atom stereocenters. The molecule has 2 aliphatic heterocycles. The van der Waals surface area contributed by atoms with E-state index >= 15 is 0 Å². The van der Waals surface area contributed by atoms with Gasteiger partial charge in [-0.05, 0) is 42.5 Å². The quantitative estimate of drug-likeness (QED) is 0.523. The fourth-order valence-corrected chi connectivity index (χ4v) is 3.81. The van der Waals surface area contributed by atoms with Crippen LogP contribution in [0.15, 0.2) is 54.6 Å². The van der Waals surface area contributed by atoms with E-state index in [0.717, 1.165) is 0 Å². The van der Waals surface area contributed by atoms with Gasteiger partial charge in [0.1, 0.15) is 28.7 Å². The first-order valence-electron chi connectivity index (χ1n) is 8.36. The van der Waals surface area contributed by atoms with Crippen LogP contribution in [0.4, 0.5) is 0 Å². The van der Waals surface area contributed by atoms with Crippen LogP contribution >= 0.6 is 0 Å². The lowest BCUT2D eigenvalue weighted by atomic mass is 9.77. The van der Waals surface area contributed by atoms with Crippen LogP contribution < -0.4 is 9.47 Å². The van der Waals surface area contributed by atoms with Crippen molar-refractivity contribution in [3.63, 3.8) is 0 Å². The van der Waals surface area contributed by atoms with Crippen molar-refractivity contribution in [2.24, 2.45) is 0 Å². The summed E-state index contributed by atoms with van der Waals surface area (Å²) in [6, 6.07) is 13.7. The zero-order valence-electron chi connectivity index (χ0n) is 14.2. The van der Waals surface area contributed by atoms with Crippen molar-refractivity contribution >= 4 is 12.4 Å². The van der Waals surface area contributed by atoms with Crippen LogP contribution in [0.2, 0.25) is 0 Å². The van der Waals surface area contributed by atoms with Crippen molar-refractivity contribution < 1.29 is 34.0 Å². The second-order valence-corrected chi connectivity index (χ2v) is 6.46. The van der Waals surface area contributed by atoms with Crippen LogP contribution in [0, 0.1) is 0 Å². The maximum atomic E-state index is 12.7. The monoisotopic (exact) mass is 376 g/mol. The van der Waals surface area contributed by atoms with Gasteiger partial charge in [-0.25, -0.2) is 4.79 Å². The molecule has 0 radical (unpaired) electrons. The van der Waals surface area contributed by atoms with E-state index in [1.54, 1.807) is 24.3 Å². The standard InChI is InChI=1S/C21H12O7/c22-10-26-13-3-6-15-14(9-13)20(25)28-21(15)16-4-1-11(23)7-18(16)27-19-8-12(24)2-5-17(19)21/h1-10,23-24H. The van der Waals surface area contributed by atoms with E-state index < -0.39 is 11.6 Å². The van der Waals surface area contributed by atoms with E-state index in [9.17, 15) is 19.8 Å². The van der Waals surface area contributed by atoms with Gasteiger partial charge in [0, 0.05) is 28.8 Å². The molecular weight excluding hydrogens is 364 g/mol. The minimum atomic E-state index is -1.32. The minimum absolute atomic E-state index is 0.0169. The van der Waals surface area contributed by atoms with Gasteiger partial charge in [-0.15, -0.1) is 0 Å². The van der Waals surface area contributed by atoms with E-state index in [4.69, 9.17) is 14.2 Å². The predicted octanol–water partition coefficient (Wildman–Crippen LogP) is 3.20. The molecule has 3 aromatic carbocycles. The van der Waals surface area contributed by atoms with Crippen molar-refractivity contribution in [2.75, 3.05) is 0 Å². The lowest BCUT2D eigenvalue weighted by Crippen LogP contribution is -2.32. The van der Waals surface area contributed by atoms with Gasteiger partial charge in [0.05, 0.1) is 5.56 Å². The average Bonchev–Trinajstić information content (AvgIpc) is 2.94. The Morgan fingerprint density at radius 1 is 0.857 bits per heavy atom. The third kappa shape index (κ3) is 2.04. The number of phenolic OH excluding ortho intramolecular Hbond substituents is 2. The molecule has 2 aliphatic rings. The third-order valence-electron chi connectivity index (χ3n) is 4.93. The van der Waals surface area contributed by atoms with E-state index in [1.807, 2.05) is 0 Å². The highest BCUT2D eigenvalue weighted by molar-refractivity contribution is 5.97. The zero-order chi connectivity index (χ0) is 19.5. The number of benzene rings is 3. The second kappa shape index (κ2) is 5.50. The lowest BCUT2D eigenvalue weighted by molar-refractivity contribution is -0.120. The molecule has 0 saturated carbocycles. The Morgan fingerprint density at radius 3 is 2.07 bits per heavy atom. The molecule has 0 amide bonds. The van der Waals surface area contributed by atoms with Crippen LogP contribution in [0.3, 0.4) is 0 Å². The Kier molecular flexibility index (Phi) is 3.18. The van der Waals surface area contributed by atoms with E-state index in [0.29, 0.717) is 28.2 Å². The highest BCUT2D eigenvalue weighted by Crippen LogP contribution is 2.57. The number of ether oxygens (including phenoxy) is 3. The molecule has 28 heavy (non-hydrogen) atoms. The summed E-state index contributed by atoms with van der Waals surface area (Å²) in [5.41, 5.74) is 0.521. The molecule has 0 aliphatic carbocycles. The maximum absolute atomic E-state index is 12.7. The van der Waals surface area contributed by atoms with Gasteiger partial charge in [-0.1, -0.05) is 0 Å². The molecule has 0 aromatic heterocycles. The number of rotatable bonds is 2. The van der Waals surface area contributed by atoms with Crippen molar-refractivity contribution in [3.05, 3.63) is 76.9 Å². The number of fused-ring (bicyclic) bond motifs is 6. The molecule has 2 heterocycles. The van der Waals surface area contributed by atoms with Crippen LogP contribution in [0.5, 0.6) is 28.7 Å². The summed E-state index contributed by atoms with van der Waals surface area (Å²) >= 11 is 0. The molecule has 7 nitrogen and oxygen atoms in total. The number of carbonyl (C=O) groups excluding carboxylic acids is 2. The summed E-state index contributed by atoms with van der Waals surface area (Å²) in [5, 5.41) is 19.8. The predicted molar refractivity (Wildman–Crippen MR) is 94.7 cm³/mol. The highest BCUT2D eigenvalue weighted by Gasteiger charge is 2.53.